The number of aliphatic hydroxyl groups is 1. The molecule has 3 rings (SSSR count). The van der Waals surface area contributed by atoms with E-state index in [0.717, 1.165) is 6.07 Å². The van der Waals surface area contributed by atoms with Gasteiger partial charge in [0.05, 0.1) is 12.1 Å². The van der Waals surface area contributed by atoms with Crippen molar-refractivity contribution in [1.82, 2.24) is 10.3 Å². The van der Waals surface area contributed by atoms with Crippen molar-refractivity contribution in [3.05, 3.63) is 59.4 Å². The first-order valence-electron chi connectivity index (χ1n) is 8.83. The van der Waals surface area contributed by atoms with Crippen LogP contribution in [0.15, 0.2) is 36.4 Å². The number of amides is 1. The lowest BCUT2D eigenvalue weighted by molar-refractivity contribution is -0.201. The van der Waals surface area contributed by atoms with E-state index in [-0.39, 0.29) is 23.7 Å². The van der Waals surface area contributed by atoms with Gasteiger partial charge in [-0.25, -0.2) is 13.2 Å². The Morgan fingerprint density at radius 2 is 1.73 bits per heavy atom. The minimum Gasteiger partial charge on any atom is -0.382 e. The van der Waals surface area contributed by atoms with Gasteiger partial charge >= 0.3 is 6.18 Å². The van der Waals surface area contributed by atoms with Crippen LogP contribution in [0.3, 0.4) is 0 Å². The normalized spacial score (nSPS) is 12.9. The summed E-state index contributed by atoms with van der Waals surface area (Å²) in [5.41, 5.74) is 1.12. The van der Waals surface area contributed by atoms with Crippen LogP contribution in [-0.2, 0) is 11.2 Å². The summed E-state index contributed by atoms with van der Waals surface area (Å²) in [7, 11) is 0. The lowest BCUT2D eigenvalue weighted by Crippen LogP contribution is -2.40. The average molecular weight is 430 g/mol. The molecule has 1 atom stereocenters. The van der Waals surface area contributed by atoms with E-state index < -0.39 is 42.2 Å². The molecule has 2 aromatic carbocycles. The Morgan fingerprint density at radius 3 is 2.37 bits per heavy atom. The number of hydrogen-bond acceptors (Lipinski definition) is 2. The van der Waals surface area contributed by atoms with Gasteiger partial charge in [0, 0.05) is 23.6 Å². The fraction of sp³-hybridized carbons (Fsp3) is 0.250. The van der Waals surface area contributed by atoms with Crippen LogP contribution >= 0.6 is 0 Å². The maximum absolute atomic E-state index is 14.2. The molecule has 0 aliphatic heterocycles. The van der Waals surface area contributed by atoms with Crippen LogP contribution in [0.25, 0.3) is 22.2 Å². The van der Waals surface area contributed by atoms with E-state index >= 15 is 0 Å². The quantitative estimate of drug-likeness (QED) is 0.513. The predicted molar refractivity (Wildman–Crippen MR) is 97.0 cm³/mol. The summed E-state index contributed by atoms with van der Waals surface area (Å²) >= 11 is 0. The van der Waals surface area contributed by atoms with Gasteiger partial charge in [-0.2, -0.15) is 13.2 Å². The van der Waals surface area contributed by atoms with Crippen molar-refractivity contribution in [2.24, 2.45) is 0 Å². The van der Waals surface area contributed by atoms with Gasteiger partial charge in [0.2, 0.25) is 5.91 Å². The molecule has 0 fully saturated rings. The molecule has 0 aliphatic rings. The Labute approximate surface area is 166 Å². The van der Waals surface area contributed by atoms with Gasteiger partial charge < -0.3 is 15.4 Å². The van der Waals surface area contributed by atoms with Gasteiger partial charge in [-0.1, -0.05) is 0 Å². The molecule has 1 heterocycles. The smallest absolute Gasteiger partial charge is 0.382 e. The van der Waals surface area contributed by atoms with Crippen molar-refractivity contribution < 1.29 is 36.2 Å². The van der Waals surface area contributed by atoms with Gasteiger partial charge in [0.15, 0.2) is 6.10 Å². The Bertz CT molecular complexity index is 1060. The summed E-state index contributed by atoms with van der Waals surface area (Å²) in [5, 5.41) is 11.1. The highest BCUT2D eigenvalue weighted by Crippen LogP contribution is 2.33. The molecular weight excluding hydrogens is 414 g/mol. The predicted octanol–water partition coefficient (Wildman–Crippen LogP) is 4.22. The second-order valence-corrected chi connectivity index (χ2v) is 6.66. The number of aliphatic hydroxyl groups excluding tert-OH is 1. The van der Waals surface area contributed by atoms with Gasteiger partial charge in [-0.3, -0.25) is 4.79 Å². The second-order valence-electron chi connectivity index (χ2n) is 6.66. The zero-order valence-corrected chi connectivity index (χ0v) is 15.3. The highest BCUT2D eigenvalue weighted by molar-refractivity contribution is 5.92. The number of aromatic amines is 1. The molecule has 3 N–H and O–H groups in total. The summed E-state index contributed by atoms with van der Waals surface area (Å²) in [5.74, 6) is -2.99. The number of H-pyrrole nitrogens is 1. The average Bonchev–Trinajstić information content (AvgIpc) is 3.03. The standard InChI is InChI=1S/C20H16F6N2O2/c21-11-3-1-10(2-4-11)18-13(14-7-12(22)8-15(23)19(14)28-18)5-6-17(30)27-9-16(29)20(24,25)26/h1-4,7-8,16,28-29H,5-6,9H2,(H,27,30)/t16-/m0/s1. The molecule has 0 bridgehead atoms. The highest BCUT2D eigenvalue weighted by atomic mass is 19.4. The largest absolute Gasteiger partial charge is 0.416 e. The molecule has 0 saturated heterocycles. The molecule has 3 aromatic rings. The zero-order chi connectivity index (χ0) is 22.1. The zero-order valence-electron chi connectivity index (χ0n) is 15.3. The molecule has 0 radical (unpaired) electrons. The number of alkyl halides is 3. The lowest BCUT2D eigenvalue weighted by atomic mass is 10.0. The first-order chi connectivity index (χ1) is 14.1. The Balaban J connectivity index is 1.87. The fourth-order valence-corrected chi connectivity index (χ4v) is 3.05. The van der Waals surface area contributed by atoms with E-state index in [1.54, 1.807) is 0 Å². The monoisotopic (exact) mass is 430 g/mol. The van der Waals surface area contributed by atoms with Crippen LogP contribution in [0.4, 0.5) is 26.3 Å². The summed E-state index contributed by atoms with van der Waals surface area (Å²) < 4.78 is 78.2. The van der Waals surface area contributed by atoms with Crippen LogP contribution < -0.4 is 5.32 Å². The van der Waals surface area contributed by atoms with Crippen molar-refractivity contribution >= 4 is 16.8 Å². The van der Waals surface area contributed by atoms with Crippen molar-refractivity contribution in [2.75, 3.05) is 6.54 Å². The van der Waals surface area contributed by atoms with Crippen molar-refractivity contribution in [3.63, 3.8) is 0 Å². The number of fused-ring (bicyclic) bond motifs is 1. The Morgan fingerprint density at radius 1 is 1.07 bits per heavy atom. The van der Waals surface area contributed by atoms with Crippen molar-refractivity contribution in [3.8, 4) is 11.3 Å². The number of halogens is 6. The van der Waals surface area contributed by atoms with Crippen LogP contribution in [0, 0.1) is 17.5 Å². The molecular formula is C20H16F6N2O2. The molecule has 1 aromatic heterocycles. The number of aryl methyl sites for hydroxylation is 1. The van der Waals surface area contributed by atoms with Crippen molar-refractivity contribution in [2.45, 2.75) is 25.1 Å². The van der Waals surface area contributed by atoms with Gasteiger partial charge in [0.25, 0.3) is 0 Å². The molecule has 10 heteroatoms. The van der Waals surface area contributed by atoms with E-state index in [9.17, 15) is 31.1 Å². The van der Waals surface area contributed by atoms with Crippen molar-refractivity contribution in [1.29, 1.82) is 0 Å². The van der Waals surface area contributed by atoms with Gasteiger partial charge in [-0.15, -0.1) is 0 Å². The fourth-order valence-electron chi connectivity index (χ4n) is 3.05. The number of carbonyl (C=O) groups is 1. The maximum atomic E-state index is 14.2. The third-order valence-electron chi connectivity index (χ3n) is 4.54. The van der Waals surface area contributed by atoms with Crippen LogP contribution in [0.5, 0.6) is 0 Å². The third kappa shape index (κ3) is 4.76. The summed E-state index contributed by atoms with van der Waals surface area (Å²) in [6.07, 6.45) is -7.94. The molecule has 160 valence electrons. The number of aromatic nitrogens is 1. The van der Waals surface area contributed by atoms with Crippen LogP contribution in [0.1, 0.15) is 12.0 Å². The molecule has 0 saturated carbocycles. The number of carbonyl (C=O) groups excluding carboxylic acids is 1. The number of benzene rings is 2. The highest BCUT2D eigenvalue weighted by Gasteiger charge is 2.38. The first-order valence-corrected chi connectivity index (χ1v) is 8.83. The molecule has 30 heavy (non-hydrogen) atoms. The molecule has 0 aliphatic carbocycles. The van der Waals surface area contributed by atoms with E-state index in [1.165, 1.54) is 24.3 Å². The van der Waals surface area contributed by atoms with Gasteiger partial charge in [-0.05, 0) is 47.9 Å². The summed E-state index contributed by atoms with van der Waals surface area (Å²) in [6.45, 7) is -1.01. The van der Waals surface area contributed by atoms with Crippen LogP contribution in [0.2, 0.25) is 0 Å². The number of rotatable bonds is 6. The van der Waals surface area contributed by atoms with E-state index in [0.29, 0.717) is 22.9 Å². The number of hydrogen-bond donors (Lipinski definition) is 3. The lowest BCUT2D eigenvalue weighted by Gasteiger charge is -2.15. The van der Waals surface area contributed by atoms with E-state index in [1.807, 2.05) is 5.32 Å². The summed E-state index contributed by atoms with van der Waals surface area (Å²) in [4.78, 5) is 14.7. The molecule has 0 spiro atoms. The molecule has 1 amide bonds. The first kappa shape index (κ1) is 21.7. The molecule has 0 unspecified atom stereocenters. The SMILES string of the molecule is O=C(CCc1c(-c2ccc(F)cc2)[nH]c2c(F)cc(F)cc12)NC[C@H](O)C(F)(F)F. The Kier molecular flexibility index (Phi) is 6.06. The maximum Gasteiger partial charge on any atom is 0.416 e. The minimum absolute atomic E-state index is 0.0152. The second kappa shape index (κ2) is 8.39. The van der Waals surface area contributed by atoms with Gasteiger partial charge in [0.1, 0.15) is 17.5 Å². The van der Waals surface area contributed by atoms with Crippen LogP contribution in [-0.4, -0.2) is 34.8 Å². The molecule has 4 nitrogen and oxygen atoms in total. The topological polar surface area (TPSA) is 65.1 Å². The minimum atomic E-state index is -4.87. The summed E-state index contributed by atoms with van der Waals surface area (Å²) in [6, 6.07) is 6.93. The number of nitrogens with one attached hydrogen (secondary N) is 2. The Hall–Kier alpha value is -3.01. The third-order valence-corrected chi connectivity index (χ3v) is 4.54. The van der Waals surface area contributed by atoms with E-state index in [2.05, 4.69) is 4.98 Å². The van der Waals surface area contributed by atoms with E-state index in [4.69, 9.17) is 5.11 Å².